The van der Waals surface area contributed by atoms with E-state index in [1.165, 1.54) is 17.1 Å². The Morgan fingerprint density at radius 1 is 1.09 bits per heavy atom. The van der Waals surface area contributed by atoms with Crippen LogP contribution in [0.4, 0.5) is 8.78 Å². The van der Waals surface area contributed by atoms with Gasteiger partial charge in [-0.3, -0.25) is 9.88 Å². The second kappa shape index (κ2) is 9.70. The van der Waals surface area contributed by atoms with Crippen molar-refractivity contribution in [3.05, 3.63) is 94.9 Å². The Kier molecular flexibility index (Phi) is 6.73. The highest BCUT2D eigenvalue weighted by molar-refractivity contribution is 6.30. The van der Waals surface area contributed by atoms with E-state index >= 15 is 0 Å². The maximum absolute atomic E-state index is 14.6. The summed E-state index contributed by atoms with van der Waals surface area (Å²) in [4.78, 5) is 6.33. The molecule has 2 aromatic carbocycles. The molecule has 170 valence electrons. The van der Waals surface area contributed by atoms with Crippen molar-refractivity contribution in [1.29, 1.82) is 0 Å². The number of rotatable bonds is 8. The fourth-order valence-electron chi connectivity index (χ4n) is 3.73. The van der Waals surface area contributed by atoms with Crippen molar-refractivity contribution < 1.29 is 13.9 Å². The fourth-order valence-corrected chi connectivity index (χ4v) is 3.86. The van der Waals surface area contributed by atoms with Gasteiger partial charge in [0.25, 0.3) is 0 Å². The number of benzene rings is 2. The van der Waals surface area contributed by atoms with Crippen molar-refractivity contribution in [2.24, 2.45) is 0 Å². The van der Waals surface area contributed by atoms with Crippen LogP contribution in [0.15, 0.2) is 67.1 Å². The monoisotopic (exact) mass is 470 g/mol. The summed E-state index contributed by atoms with van der Waals surface area (Å²) in [7, 11) is 1.79. The largest absolute Gasteiger partial charge is 0.382 e. The average Bonchev–Trinajstić information content (AvgIpc) is 3.27. The normalized spacial score (nSPS) is 13.3. The highest BCUT2D eigenvalue weighted by Gasteiger charge is 2.35. The average molecular weight is 471 g/mol. The zero-order valence-corrected chi connectivity index (χ0v) is 18.5. The number of aliphatic hydroxyl groups is 1. The van der Waals surface area contributed by atoms with Gasteiger partial charge in [-0.1, -0.05) is 35.9 Å². The zero-order chi connectivity index (χ0) is 23.4. The number of aromatic nitrogens is 5. The molecule has 1 atom stereocenters. The number of pyridine rings is 1. The summed E-state index contributed by atoms with van der Waals surface area (Å²) >= 11 is 5.94. The van der Waals surface area contributed by atoms with Gasteiger partial charge in [-0.2, -0.15) is 0 Å². The predicted molar refractivity (Wildman–Crippen MR) is 119 cm³/mol. The van der Waals surface area contributed by atoms with E-state index in [4.69, 9.17) is 11.6 Å². The van der Waals surface area contributed by atoms with E-state index < -0.39 is 17.2 Å². The van der Waals surface area contributed by atoms with Crippen molar-refractivity contribution in [2.45, 2.75) is 18.7 Å². The standard InChI is InChI=1S/C23H21ClF2N6O/c1-31(12-16-2-9-22(27-11-16)17-3-5-18(24)6-4-17)13-23(33,14-32-15-28-29-30-32)20-8-7-19(25)10-21(20)26/h2-11,15,33H,12-14H2,1H3. The number of hydrogen-bond acceptors (Lipinski definition) is 6. The molecule has 2 heterocycles. The molecule has 1 unspecified atom stereocenters. The number of likely N-dealkylation sites (N-methyl/N-ethyl adjacent to an activating group) is 1. The molecule has 4 rings (SSSR count). The van der Waals surface area contributed by atoms with E-state index in [1.807, 2.05) is 29.2 Å². The zero-order valence-electron chi connectivity index (χ0n) is 17.7. The molecule has 0 saturated carbocycles. The van der Waals surface area contributed by atoms with Gasteiger partial charge in [0.15, 0.2) is 0 Å². The Balaban J connectivity index is 1.52. The molecule has 0 fully saturated rings. The second-order valence-corrected chi connectivity index (χ2v) is 8.33. The number of hydrogen-bond donors (Lipinski definition) is 1. The van der Waals surface area contributed by atoms with E-state index in [9.17, 15) is 13.9 Å². The van der Waals surface area contributed by atoms with Crippen LogP contribution >= 0.6 is 11.6 Å². The molecule has 0 aliphatic rings. The van der Waals surface area contributed by atoms with Crippen molar-refractivity contribution in [2.75, 3.05) is 13.6 Å². The lowest BCUT2D eigenvalue weighted by molar-refractivity contribution is -0.0178. The molecule has 0 aliphatic carbocycles. The SMILES string of the molecule is CN(Cc1ccc(-c2ccc(Cl)cc2)nc1)CC(O)(Cn1cnnn1)c1ccc(F)cc1F. The van der Waals surface area contributed by atoms with E-state index in [0.29, 0.717) is 11.6 Å². The molecule has 2 aromatic heterocycles. The van der Waals surface area contributed by atoms with Crippen LogP contribution in [0.25, 0.3) is 11.3 Å². The molecule has 0 bridgehead atoms. The van der Waals surface area contributed by atoms with Gasteiger partial charge in [0.1, 0.15) is 23.6 Å². The van der Waals surface area contributed by atoms with Gasteiger partial charge in [0, 0.05) is 41.5 Å². The summed E-state index contributed by atoms with van der Waals surface area (Å²) in [5, 5.41) is 23.0. The summed E-state index contributed by atoms with van der Waals surface area (Å²) in [5.74, 6) is -1.56. The Morgan fingerprint density at radius 3 is 2.52 bits per heavy atom. The first kappa shape index (κ1) is 22.9. The van der Waals surface area contributed by atoms with Crippen LogP contribution in [-0.4, -0.2) is 48.8 Å². The van der Waals surface area contributed by atoms with E-state index in [1.54, 1.807) is 25.4 Å². The Labute approximate surface area is 194 Å². The quantitative estimate of drug-likeness (QED) is 0.423. The minimum absolute atomic E-state index is 0.0361. The third-order valence-corrected chi connectivity index (χ3v) is 5.45. The smallest absolute Gasteiger partial charge is 0.138 e. The predicted octanol–water partition coefficient (Wildman–Crippen LogP) is 3.69. The van der Waals surface area contributed by atoms with Gasteiger partial charge in [0.05, 0.1) is 12.2 Å². The molecule has 1 N–H and O–H groups in total. The first-order chi connectivity index (χ1) is 15.8. The summed E-state index contributed by atoms with van der Waals surface area (Å²) in [6.07, 6.45) is 3.07. The van der Waals surface area contributed by atoms with Crippen molar-refractivity contribution in [1.82, 2.24) is 30.1 Å². The summed E-state index contributed by atoms with van der Waals surface area (Å²) < 4.78 is 29.3. The van der Waals surface area contributed by atoms with Gasteiger partial charge in [-0.05, 0) is 47.3 Å². The van der Waals surface area contributed by atoms with Gasteiger partial charge < -0.3 is 5.11 Å². The highest BCUT2D eigenvalue weighted by atomic mass is 35.5. The van der Waals surface area contributed by atoms with E-state index in [0.717, 1.165) is 29.0 Å². The Bertz CT molecular complexity index is 1200. The molecule has 0 spiro atoms. The van der Waals surface area contributed by atoms with Crippen LogP contribution in [0, 0.1) is 11.6 Å². The van der Waals surface area contributed by atoms with Crippen molar-refractivity contribution in [3.63, 3.8) is 0 Å². The number of halogens is 3. The highest BCUT2D eigenvalue weighted by Crippen LogP contribution is 2.28. The minimum atomic E-state index is -1.71. The second-order valence-electron chi connectivity index (χ2n) is 7.89. The van der Waals surface area contributed by atoms with Crippen LogP contribution in [0.5, 0.6) is 0 Å². The molecule has 0 saturated heterocycles. The lowest BCUT2D eigenvalue weighted by Crippen LogP contribution is -2.43. The molecule has 4 aromatic rings. The fraction of sp³-hybridized carbons (Fsp3) is 0.217. The van der Waals surface area contributed by atoms with Crippen LogP contribution in [0.3, 0.4) is 0 Å². The molecule has 0 aliphatic heterocycles. The van der Waals surface area contributed by atoms with Crippen molar-refractivity contribution >= 4 is 11.6 Å². The Morgan fingerprint density at radius 2 is 1.88 bits per heavy atom. The van der Waals surface area contributed by atoms with E-state index in [2.05, 4.69) is 20.5 Å². The topological polar surface area (TPSA) is 80.0 Å². The maximum atomic E-state index is 14.6. The third-order valence-electron chi connectivity index (χ3n) is 5.20. The molecule has 0 amide bonds. The van der Waals surface area contributed by atoms with Gasteiger partial charge in [-0.25, -0.2) is 13.5 Å². The number of nitrogens with zero attached hydrogens (tertiary/aromatic N) is 6. The first-order valence-electron chi connectivity index (χ1n) is 10.1. The Hall–Kier alpha value is -3.27. The minimum Gasteiger partial charge on any atom is -0.382 e. The molecule has 7 nitrogen and oxygen atoms in total. The maximum Gasteiger partial charge on any atom is 0.138 e. The number of tetrazole rings is 1. The molecular formula is C23H21ClF2N6O. The summed E-state index contributed by atoms with van der Waals surface area (Å²) in [6, 6.07) is 14.3. The van der Waals surface area contributed by atoms with Crippen LogP contribution in [-0.2, 0) is 18.7 Å². The van der Waals surface area contributed by atoms with Crippen LogP contribution in [0.2, 0.25) is 5.02 Å². The first-order valence-corrected chi connectivity index (χ1v) is 10.5. The third kappa shape index (κ3) is 5.57. The lowest BCUT2D eigenvalue weighted by Gasteiger charge is -2.33. The van der Waals surface area contributed by atoms with Gasteiger partial charge in [-0.15, -0.1) is 5.10 Å². The van der Waals surface area contributed by atoms with E-state index in [-0.39, 0.29) is 18.7 Å². The summed E-state index contributed by atoms with van der Waals surface area (Å²) in [5.41, 5.74) is 0.907. The van der Waals surface area contributed by atoms with Crippen LogP contribution < -0.4 is 0 Å². The molecule has 0 radical (unpaired) electrons. The molecule has 10 heteroatoms. The molecular weight excluding hydrogens is 450 g/mol. The van der Waals surface area contributed by atoms with Crippen LogP contribution in [0.1, 0.15) is 11.1 Å². The lowest BCUT2D eigenvalue weighted by atomic mass is 9.92. The summed E-state index contributed by atoms with van der Waals surface area (Å²) in [6.45, 7) is 0.365. The van der Waals surface area contributed by atoms with Gasteiger partial charge in [0.2, 0.25) is 0 Å². The van der Waals surface area contributed by atoms with Crippen molar-refractivity contribution in [3.8, 4) is 11.3 Å². The molecule has 33 heavy (non-hydrogen) atoms. The van der Waals surface area contributed by atoms with Gasteiger partial charge >= 0.3 is 0 Å².